The standard InChI is InChI=1S/C12H17NO4/c1-13-7-9(14)8-5-11-12(6-10(8)15-2)17-4-3-16-11/h5-6,9,13-14H,3-4,7H2,1-2H3. The first-order valence-corrected chi connectivity index (χ1v) is 5.56. The van der Waals surface area contributed by atoms with Crippen molar-refractivity contribution in [3.8, 4) is 17.2 Å². The first kappa shape index (κ1) is 12.0. The number of hydrogen-bond donors (Lipinski definition) is 2. The Bertz CT molecular complexity index is 394. The van der Waals surface area contributed by atoms with Crippen LogP contribution in [0.1, 0.15) is 11.7 Å². The monoisotopic (exact) mass is 239 g/mol. The lowest BCUT2D eigenvalue weighted by Crippen LogP contribution is -2.19. The molecule has 0 fully saturated rings. The van der Waals surface area contributed by atoms with Gasteiger partial charge in [0.1, 0.15) is 19.0 Å². The van der Waals surface area contributed by atoms with Gasteiger partial charge >= 0.3 is 0 Å². The summed E-state index contributed by atoms with van der Waals surface area (Å²) in [6, 6.07) is 3.53. The Kier molecular flexibility index (Phi) is 3.71. The topological polar surface area (TPSA) is 60.0 Å². The SMILES string of the molecule is CNCC(O)c1cc2c(cc1OC)OCCO2. The van der Waals surface area contributed by atoms with E-state index in [4.69, 9.17) is 14.2 Å². The van der Waals surface area contributed by atoms with Crippen molar-refractivity contribution in [2.75, 3.05) is 33.9 Å². The largest absolute Gasteiger partial charge is 0.496 e. The second-order valence-corrected chi connectivity index (χ2v) is 3.81. The third kappa shape index (κ3) is 2.45. The van der Waals surface area contributed by atoms with Crippen LogP contribution in [0.25, 0.3) is 0 Å². The molecule has 1 heterocycles. The fourth-order valence-corrected chi connectivity index (χ4v) is 1.83. The lowest BCUT2D eigenvalue weighted by Gasteiger charge is -2.22. The summed E-state index contributed by atoms with van der Waals surface area (Å²) in [5, 5.41) is 12.9. The van der Waals surface area contributed by atoms with Crippen LogP contribution in [0.2, 0.25) is 0 Å². The third-order valence-corrected chi connectivity index (χ3v) is 2.65. The van der Waals surface area contributed by atoms with Gasteiger partial charge < -0.3 is 24.6 Å². The van der Waals surface area contributed by atoms with Gasteiger partial charge in [-0.25, -0.2) is 0 Å². The fraction of sp³-hybridized carbons (Fsp3) is 0.500. The van der Waals surface area contributed by atoms with Gasteiger partial charge in [-0.1, -0.05) is 0 Å². The van der Waals surface area contributed by atoms with Crippen molar-refractivity contribution in [1.29, 1.82) is 0 Å². The minimum atomic E-state index is -0.634. The average Bonchev–Trinajstić information content (AvgIpc) is 2.37. The van der Waals surface area contributed by atoms with E-state index in [1.54, 1.807) is 26.3 Å². The summed E-state index contributed by atoms with van der Waals surface area (Å²) in [6.07, 6.45) is -0.634. The van der Waals surface area contributed by atoms with Crippen LogP contribution in [0.3, 0.4) is 0 Å². The van der Waals surface area contributed by atoms with Gasteiger partial charge in [-0.2, -0.15) is 0 Å². The van der Waals surface area contributed by atoms with Crippen LogP contribution < -0.4 is 19.5 Å². The number of nitrogens with one attached hydrogen (secondary N) is 1. The number of likely N-dealkylation sites (N-methyl/N-ethyl adjacent to an activating group) is 1. The number of methoxy groups -OCH3 is 1. The fourth-order valence-electron chi connectivity index (χ4n) is 1.83. The molecule has 2 N–H and O–H groups in total. The highest BCUT2D eigenvalue weighted by atomic mass is 16.6. The minimum Gasteiger partial charge on any atom is -0.496 e. The molecule has 0 saturated carbocycles. The highest BCUT2D eigenvalue weighted by Crippen LogP contribution is 2.38. The summed E-state index contributed by atoms with van der Waals surface area (Å²) < 4.78 is 16.2. The van der Waals surface area contributed by atoms with Crippen LogP contribution in [0.15, 0.2) is 12.1 Å². The Morgan fingerprint density at radius 1 is 1.35 bits per heavy atom. The van der Waals surface area contributed by atoms with Gasteiger partial charge in [-0.05, 0) is 13.1 Å². The maximum absolute atomic E-state index is 10.00. The molecular formula is C12H17NO4. The lowest BCUT2D eigenvalue weighted by molar-refractivity contribution is 0.160. The van der Waals surface area contributed by atoms with E-state index in [1.807, 2.05) is 0 Å². The molecule has 1 aliphatic rings. The molecule has 5 nitrogen and oxygen atoms in total. The normalized spacial score (nSPS) is 15.5. The summed E-state index contributed by atoms with van der Waals surface area (Å²) in [6.45, 7) is 1.52. The Morgan fingerprint density at radius 3 is 2.59 bits per heavy atom. The molecule has 1 atom stereocenters. The van der Waals surface area contributed by atoms with Crippen molar-refractivity contribution in [2.24, 2.45) is 0 Å². The summed E-state index contributed by atoms with van der Waals surface area (Å²) in [7, 11) is 3.36. The molecule has 1 aromatic rings. The second kappa shape index (κ2) is 5.25. The van der Waals surface area contributed by atoms with Crippen LogP contribution in [0.4, 0.5) is 0 Å². The maximum atomic E-state index is 10.00. The van der Waals surface area contributed by atoms with Crippen molar-refractivity contribution < 1.29 is 19.3 Å². The van der Waals surface area contributed by atoms with Gasteiger partial charge in [0.25, 0.3) is 0 Å². The minimum absolute atomic E-state index is 0.454. The molecule has 0 aliphatic carbocycles. The first-order valence-electron chi connectivity index (χ1n) is 5.56. The Labute approximate surface area is 100 Å². The van der Waals surface area contributed by atoms with Gasteiger partial charge in [-0.15, -0.1) is 0 Å². The van der Waals surface area contributed by atoms with Gasteiger partial charge in [0.05, 0.1) is 13.2 Å². The molecule has 0 bridgehead atoms. The van der Waals surface area contributed by atoms with E-state index in [-0.39, 0.29) is 0 Å². The molecule has 1 aromatic carbocycles. The van der Waals surface area contributed by atoms with E-state index < -0.39 is 6.10 Å². The highest BCUT2D eigenvalue weighted by molar-refractivity contribution is 5.52. The zero-order chi connectivity index (χ0) is 12.3. The number of ether oxygens (including phenoxy) is 3. The molecule has 94 valence electrons. The number of fused-ring (bicyclic) bond motifs is 1. The van der Waals surface area contributed by atoms with Crippen LogP contribution in [-0.2, 0) is 0 Å². The number of hydrogen-bond acceptors (Lipinski definition) is 5. The predicted molar refractivity (Wildman–Crippen MR) is 62.9 cm³/mol. The van der Waals surface area contributed by atoms with Gasteiger partial charge in [0.2, 0.25) is 0 Å². The maximum Gasteiger partial charge on any atom is 0.165 e. The van der Waals surface area contributed by atoms with Gasteiger partial charge in [-0.3, -0.25) is 0 Å². The number of aliphatic hydroxyl groups is 1. The van der Waals surface area contributed by atoms with Crippen molar-refractivity contribution in [2.45, 2.75) is 6.10 Å². The smallest absolute Gasteiger partial charge is 0.165 e. The average molecular weight is 239 g/mol. The molecule has 0 aromatic heterocycles. The molecule has 2 rings (SSSR count). The molecule has 17 heavy (non-hydrogen) atoms. The van der Waals surface area contributed by atoms with Crippen LogP contribution in [-0.4, -0.2) is 39.0 Å². The molecule has 0 amide bonds. The molecule has 0 radical (unpaired) electrons. The van der Waals surface area contributed by atoms with Crippen LogP contribution >= 0.6 is 0 Å². The molecule has 0 saturated heterocycles. The number of rotatable bonds is 4. The predicted octanol–water partition coefficient (Wildman–Crippen LogP) is 0.719. The van der Waals surface area contributed by atoms with E-state index in [1.165, 1.54) is 0 Å². The van der Waals surface area contributed by atoms with E-state index in [0.29, 0.717) is 42.6 Å². The summed E-state index contributed by atoms with van der Waals surface area (Å²) in [5.74, 6) is 1.92. The zero-order valence-electron chi connectivity index (χ0n) is 10.0. The molecular weight excluding hydrogens is 222 g/mol. The van der Waals surface area contributed by atoms with E-state index in [9.17, 15) is 5.11 Å². The lowest BCUT2D eigenvalue weighted by atomic mass is 10.1. The van der Waals surface area contributed by atoms with Crippen molar-refractivity contribution >= 4 is 0 Å². The van der Waals surface area contributed by atoms with Gasteiger partial charge in [0, 0.05) is 18.2 Å². The molecule has 0 spiro atoms. The third-order valence-electron chi connectivity index (χ3n) is 2.65. The van der Waals surface area contributed by atoms with E-state index >= 15 is 0 Å². The second-order valence-electron chi connectivity index (χ2n) is 3.81. The summed E-state index contributed by atoms with van der Waals surface area (Å²) >= 11 is 0. The Balaban J connectivity index is 2.36. The zero-order valence-corrected chi connectivity index (χ0v) is 10.0. The van der Waals surface area contributed by atoms with Crippen LogP contribution in [0, 0.1) is 0 Å². The number of benzene rings is 1. The van der Waals surface area contributed by atoms with Crippen molar-refractivity contribution in [3.05, 3.63) is 17.7 Å². The highest BCUT2D eigenvalue weighted by Gasteiger charge is 2.20. The molecule has 1 unspecified atom stereocenters. The Hall–Kier alpha value is -1.46. The number of aliphatic hydroxyl groups excluding tert-OH is 1. The summed E-state index contributed by atoms with van der Waals surface area (Å²) in [5.41, 5.74) is 0.700. The van der Waals surface area contributed by atoms with Crippen LogP contribution in [0.5, 0.6) is 17.2 Å². The van der Waals surface area contributed by atoms with Crippen molar-refractivity contribution in [3.63, 3.8) is 0 Å². The first-order chi connectivity index (χ1) is 8.26. The summed E-state index contributed by atoms with van der Waals surface area (Å²) in [4.78, 5) is 0. The quantitative estimate of drug-likeness (QED) is 0.810. The van der Waals surface area contributed by atoms with Gasteiger partial charge in [0.15, 0.2) is 11.5 Å². The molecule has 5 heteroatoms. The van der Waals surface area contributed by atoms with E-state index in [2.05, 4.69) is 5.32 Å². The molecule has 1 aliphatic heterocycles. The van der Waals surface area contributed by atoms with Crippen molar-refractivity contribution in [1.82, 2.24) is 5.32 Å². The van der Waals surface area contributed by atoms with E-state index in [0.717, 1.165) is 0 Å². The Morgan fingerprint density at radius 2 is 2.00 bits per heavy atom.